The molecular weight excluding hydrogens is 386 g/mol. The third-order valence-corrected chi connectivity index (χ3v) is 3.39. The van der Waals surface area contributed by atoms with Crippen molar-refractivity contribution < 1.29 is 38.8 Å². The van der Waals surface area contributed by atoms with E-state index in [9.17, 15) is 18.4 Å². The zero-order chi connectivity index (χ0) is 22.4. The Labute approximate surface area is 168 Å². The maximum Gasteiger partial charge on any atom is 0.335 e. The van der Waals surface area contributed by atoms with E-state index in [0.717, 1.165) is 0 Å². The van der Waals surface area contributed by atoms with Gasteiger partial charge in [-0.05, 0) is 55.7 Å². The minimum absolute atomic E-state index is 0.183. The molecule has 0 saturated carbocycles. The molecule has 2 atom stereocenters. The predicted octanol–water partition coefficient (Wildman–Crippen LogP) is 3.85. The van der Waals surface area contributed by atoms with Crippen LogP contribution in [0.25, 0.3) is 0 Å². The quantitative estimate of drug-likeness (QED) is 0.573. The molecule has 6 nitrogen and oxygen atoms in total. The van der Waals surface area contributed by atoms with Gasteiger partial charge < -0.3 is 20.4 Å². The molecular formula is C21H26F2O6. The molecule has 0 saturated heterocycles. The van der Waals surface area contributed by atoms with Gasteiger partial charge in [-0.25, -0.2) is 18.4 Å². The van der Waals surface area contributed by atoms with Crippen LogP contribution in [-0.4, -0.2) is 44.6 Å². The van der Waals surface area contributed by atoms with Crippen LogP contribution in [0.3, 0.4) is 0 Å². The van der Waals surface area contributed by atoms with Crippen LogP contribution in [0.4, 0.5) is 8.78 Å². The number of carboxylic acids is 2. The lowest BCUT2D eigenvalue weighted by molar-refractivity contribution is 0.0686. The zero-order valence-corrected chi connectivity index (χ0v) is 16.3. The Kier molecular flexibility index (Phi) is 12.8. The first-order chi connectivity index (χ1) is 13.6. The van der Waals surface area contributed by atoms with Gasteiger partial charge in [-0.15, -0.1) is 0 Å². The average molecular weight is 412 g/mol. The molecule has 0 aliphatic heterocycles. The van der Waals surface area contributed by atoms with Crippen molar-refractivity contribution in [2.24, 2.45) is 0 Å². The van der Waals surface area contributed by atoms with Crippen molar-refractivity contribution in [1.29, 1.82) is 0 Å². The highest BCUT2D eigenvalue weighted by molar-refractivity contribution is 5.87. The van der Waals surface area contributed by atoms with Crippen LogP contribution in [0.1, 0.15) is 52.1 Å². The second-order valence-corrected chi connectivity index (χ2v) is 6.21. The van der Waals surface area contributed by atoms with Crippen molar-refractivity contribution in [2.45, 2.75) is 45.8 Å². The Hall–Kier alpha value is -2.84. The lowest BCUT2D eigenvalue weighted by Crippen LogP contribution is -2.10. The number of rotatable bonds is 6. The lowest BCUT2D eigenvalue weighted by Gasteiger charge is -2.04. The summed E-state index contributed by atoms with van der Waals surface area (Å²) >= 11 is 0. The molecule has 2 aromatic carbocycles. The van der Waals surface area contributed by atoms with Crippen molar-refractivity contribution in [3.05, 3.63) is 70.8 Å². The van der Waals surface area contributed by atoms with E-state index in [1.807, 2.05) is 0 Å². The normalized spacial score (nSPS) is 11.8. The second-order valence-electron chi connectivity index (χ2n) is 6.21. The van der Waals surface area contributed by atoms with Crippen molar-refractivity contribution >= 4 is 11.9 Å². The van der Waals surface area contributed by atoms with Gasteiger partial charge in [0.25, 0.3) is 0 Å². The number of alkyl halides is 2. The molecule has 0 spiro atoms. The van der Waals surface area contributed by atoms with Gasteiger partial charge in [0.15, 0.2) is 0 Å². The van der Waals surface area contributed by atoms with Crippen molar-refractivity contribution in [1.82, 2.24) is 0 Å². The van der Waals surface area contributed by atoms with E-state index in [-0.39, 0.29) is 23.3 Å². The standard InChI is InChI=1S/2C8H7FO2.C5H12O2/c2*9-5-6-1-3-7(4-2-6)8(10)11;1-4(6)3-5(2)7/h2*1-4H,5H2,(H,10,11);4-7H,3H2,1-2H3. The molecule has 2 aromatic rings. The largest absolute Gasteiger partial charge is 0.478 e. The number of aromatic carboxylic acids is 2. The third kappa shape index (κ3) is 12.3. The zero-order valence-electron chi connectivity index (χ0n) is 16.3. The van der Waals surface area contributed by atoms with Crippen LogP contribution in [0.15, 0.2) is 48.5 Å². The van der Waals surface area contributed by atoms with Crippen LogP contribution in [0, 0.1) is 0 Å². The summed E-state index contributed by atoms with van der Waals surface area (Å²) in [6.07, 6.45) is -0.278. The number of aliphatic hydroxyl groups excluding tert-OH is 2. The number of aliphatic hydroxyl groups is 2. The number of carbonyl (C=O) groups is 2. The highest BCUT2D eigenvalue weighted by atomic mass is 19.1. The number of hydrogen-bond donors (Lipinski definition) is 4. The number of halogens is 2. The van der Waals surface area contributed by atoms with E-state index >= 15 is 0 Å². The Morgan fingerprint density at radius 3 is 1.14 bits per heavy atom. The summed E-state index contributed by atoms with van der Waals surface area (Å²) in [4.78, 5) is 20.6. The molecule has 29 heavy (non-hydrogen) atoms. The fraction of sp³-hybridized carbons (Fsp3) is 0.333. The van der Waals surface area contributed by atoms with Gasteiger partial charge in [0, 0.05) is 0 Å². The summed E-state index contributed by atoms with van der Waals surface area (Å²) in [7, 11) is 0. The van der Waals surface area contributed by atoms with Crippen molar-refractivity contribution in [2.75, 3.05) is 0 Å². The molecule has 0 bridgehead atoms. The van der Waals surface area contributed by atoms with Crippen molar-refractivity contribution in [3.63, 3.8) is 0 Å². The van der Waals surface area contributed by atoms with Crippen LogP contribution < -0.4 is 0 Å². The summed E-state index contributed by atoms with van der Waals surface area (Å²) in [5.74, 6) is -1.98. The molecule has 2 rings (SSSR count). The summed E-state index contributed by atoms with van der Waals surface area (Å²) in [5, 5.41) is 34.0. The molecule has 0 amide bonds. The van der Waals surface area contributed by atoms with Gasteiger partial charge in [0.1, 0.15) is 13.3 Å². The molecule has 4 N–H and O–H groups in total. The maximum absolute atomic E-state index is 11.9. The van der Waals surface area contributed by atoms with Crippen LogP contribution in [0.5, 0.6) is 0 Å². The van der Waals surface area contributed by atoms with Crippen LogP contribution in [-0.2, 0) is 13.3 Å². The van der Waals surface area contributed by atoms with Gasteiger partial charge in [0.2, 0.25) is 0 Å². The number of carboxylic acid groups (broad SMARTS) is 2. The average Bonchev–Trinajstić information content (AvgIpc) is 2.68. The molecule has 0 aliphatic rings. The highest BCUT2D eigenvalue weighted by Gasteiger charge is 2.01. The Morgan fingerprint density at radius 2 is 1.00 bits per heavy atom. The van der Waals surface area contributed by atoms with Gasteiger partial charge in [-0.2, -0.15) is 0 Å². The number of hydrogen-bond acceptors (Lipinski definition) is 4. The van der Waals surface area contributed by atoms with Gasteiger partial charge >= 0.3 is 11.9 Å². The molecule has 0 heterocycles. The summed E-state index contributed by atoms with van der Waals surface area (Å²) in [5.41, 5.74) is 1.36. The maximum atomic E-state index is 11.9. The summed E-state index contributed by atoms with van der Waals surface area (Å²) in [6, 6.07) is 11.4. The number of benzene rings is 2. The van der Waals surface area contributed by atoms with Crippen molar-refractivity contribution in [3.8, 4) is 0 Å². The fourth-order valence-corrected chi connectivity index (χ4v) is 1.97. The van der Waals surface area contributed by atoms with E-state index in [2.05, 4.69) is 0 Å². The summed E-state index contributed by atoms with van der Waals surface area (Å²) in [6.45, 7) is 2.21. The van der Waals surface area contributed by atoms with Gasteiger partial charge in [0.05, 0.1) is 23.3 Å². The monoisotopic (exact) mass is 412 g/mol. The minimum atomic E-state index is -0.990. The second kappa shape index (κ2) is 14.2. The minimum Gasteiger partial charge on any atom is -0.478 e. The first-order valence-electron chi connectivity index (χ1n) is 8.73. The van der Waals surface area contributed by atoms with E-state index < -0.39 is 25.3 Å². The first-order valence-corrected chi connectivity index (χ1v) is 8.73. The van der Waals surface area contributed by atoms with Crippen LogP contribution >= 0.6 is 0 Å². The summed E-state index contributed by atoms with van der Waals surface area (Å²) < 4.78 is 23.8. The van der Waals surface area contributed by atoms with E-state index in [1.54, 1.807) is 13.8 Å². The predicted molar refractivity (Wildman–Crippen MR) is 104 cm³/mol. The molecule has 0 aliphatic carbocycles. The third-order valence-electron chi connectivity index (χ3n) is 3.39. The molecule has 2 unspecified atom stereocenters. The Balaban J connectivity index is 0.000000419. The molecule has 8 heteroatoms. The first kappa shape index (κ1) is 26.2. The smallest absolute Gasteiger partial charge is 0.335 e. The lowest BCUT2D eigenvalue weighted by atomic mass is 10.1. The molecule has 160 valence electrons. The molecule has 0 radical (unpaired) electrons. The van der Waals surface area contributed by atoms with E-state index in [1.165, 1.54) is 48.5 Å². The fourth-order valence-electron chi connectivity index (χ4n) is 1.97. The molecule has 0 aromatic heterocycles. The van der Waals surface area contributed by atoms with Gasteiger partial charge in [-0.3, -0.25) is 0 Å². The topological polar surface area (TPSA) is 115 Å². The van der Waals surface area contributed by atoms with E-state index in [4.69, 9.17) is 20.4 Å². The highest BCUT2D eigenvalue weighted by Crippen LogP contribution is 2.06. The Morgan fingerprint density at radius 1 is 0.724 bits per heavy atom. The van der Waals surface area contributed by atoms with Gasteiger partial charge in [-0.1, -0.05) is 24.3 Å². The SMILES string of the molecule is CC(O)CC(C)O.O=C(O)c1ccc(CF)cc1.O=C(O)c1ccc(CF)cc1. The molecule has 0 fully saturated rings. The Bertz CT molecular complexity index is 664. The van der Waals surface area contributed by atoms with Crippen LogP contribution in [0.2, 0.25) is 0 Å². The van der Waals surface area contributed by atoms with E-state index in [0.29, 0.717) is 17.5 Å².